The molecule has 0 aromatic heterocycles. The van der Waals surface area contributed by atoms with Gasteiger partial charge in [0.1, 0.15) is 0 Å². The van der Waals surface area contributed by atoms with Gasteiger partial charge in [0.2, 0.25) is 0 Å². The molecule has 0 saturated carbocycles. The zero-order valence-corrected chi connectivity index (χ0v) is 9.73. The molecule has 0 unspecified atom stereocenters. The largest absolute Gasteiger partial charge is 0.312 e. The van der Waals surface area contributed by atoms with Crippen molar-refractivity contribution in [3.8, 4) is 0 Å². The Morgan fingerprint density at radius 2 is 2.06 bits per heavy atom. The summed E-state index contributed by atoms with van der Waals surface area (Å²) >= 11 is 0. The normalized spacial score (nSPS) is 30.2. The number of nitrogens with zero attached hydrogens (tertiary/aromatic N) is 1. The highest BCUT2D eigenvalue weighted by molar-refractivity contribution is 5.15. The van der Waals surface area contributed by atoms with Gasteiger partial charge in [0.15, 0.2) is 0 Å². The van der Waals surface area contributed by atoms with Crippen molar-refractivity contribution in [3.63, 3.8) is 0 Å². The van der Waals surface area contributed by atoms with Crippen LogP contribution in [0.25, 0.3) is 0 Å². The molecule has 86 valence electrons. The van der Waals surface area contributed by atoms with Gasteiger partial charge in [0.05, 0.1) is 0 Å². The van der Waals surface area contributed by atoms with Crippen LogP contribution in [0.2, 0.25) is 0 Å². The summed E-state index contributed by atoms with van der Waals surface area (Å²) in [6.07, 6.45) is 2.78. The fraction of sp³-hybridized carbons (Fsp3) is 0.571. The lowest BCUT2D eigenvalue weighted by Crippen LogP contribution is -2.40. The Morgan fingerprint density at radius 1 is 1.19 bits per heavy atom. The van der Waals surface area contributed by atoms with Crippen molar-refractivity contribution in [1.82, 2.24) is 10.2 Å². The summed E-state index contributed by atoms with van der Waals surface area (Å²) in [6, 6.07) is 11.6. The second-order valence-corrected chi connectivity index (χ2v) is 5.14. The van der Waals surface area contributed by atoms with E-state index in [2.05, 4.69) is 40.5 Å². The molecule has 2 heteroatoms. The van der Waals surface area contributed by atoms with Gasteiger partial charge >= 0.3 is 0 Å². The number of fused-ring (bicyclic) bond motifs is 1. The summed E-state index contributed by atoms with van der Waals surface area (Å²) in [5.74, 6) is 0.900. The van der Waals surface area contributed by atoms with Crippen LogP contribution in [0.5, 0.6) is 0 Å². The van der Waals surface area contributed by atoms with Crippen molar-refractivity contribution in [2.24, 2.45) is 5.92 Å². The first-order chi connectivity index (χ1) is 7.92. The summed E-state index contributed by atoms with van der Waals surface area (Å²) < 4.78 is 0. The SMILES string of the molecule is c1ccc(CN2C[C@@H]3CCCN[C@H]3C2)cc1. The van der Waals surface area contributed by atoms with Crippen molar-refractivity contribution in [1.29, 1.82) is 0 Å². The number of rotatable bonds is 2. The first-order valence-electron chi connectivity index (χ1n) is 6.41. The number of likely N-dealkylation sites (tertiary alicyclic amines) is 1. The minimum Gasteiger partial charge on any atom is -0.312 e. The smallest absolute Gasteiger partial charge is 0.0235 e. The van der Waals surface area contributed by atoms with Gasteiger partial charge < -0.3 is 5.32 Å². The van der Waals surface area contributed by atoms with Crippen LogP contribution in [0.4, 0.5) is 0 Å². The van der Waals surface area contributed by atoms with Crippen LogP contribution in [0.15, 0.2) is 30.3 Å². The first-order valence-corrected chi connectivity index (χ1v) is 6.41. The molecule has 2 fully saturated rings. The molecule has 1 aromatic carbocycles. The molecule has 1 N–H and O–H groups in total. The highest BCUT2D eigenvalue weighted by Crippen LogP contribution is 2.25. The van der Waals surface area contributed by atoms with E-state index in [1.165, 1.54) is 38.0 Å². The Hall–Kier alpha value is -0.860. The number of piperidine rings is 1. The Bertz CT molecular complexity index is 322. The maximum absolute atomic E-state index is 3.66. The lowest BCUT2D eigenvalue weighted by atomic mass is 9.94. The molecule has 0 spiro atoms. The zero-order valence-electron chi connectivity index (χ0n) is 9.73. The van der Waals surface area contributed by atoms with Gasteiger partial charge in [-0.3, -0.25) is 4.90 Å². The molecule has 0 radical (unpaired) electrons. The number of benzene rings is 1. The summed E-state index contributed by atoms with van der Waals surface area (Å²) in [7, 11) is 0. The van der Waals surface area contributed by atoms with Crippen molar-refractivity contribution < 1.29 is 0 Å². The lowest BCUT2D eigenvalue weighted by Gasteiger charge is -2.24. The van der Waals surface area contributed by atoms with Crippen LogP contribution >= 0.6 is 0 Å². The average Bonchev–Trinajstić information content (AvgIpc) is 2.72. The van der Waals surface area contributed by atoms with E-state index in [1.54, 1.807) is 0 Å². The fourth-order valence-electron chi connectivity index (χ4n) is 3.11. The van der Waals surface area contributed by atoms with E-state index in [4.69, 9.17) is 0 Å². The van der Waals surface area contributed by atoms with Gasteiger partial charge in [-0.25, -0.2) is 0 Å². The topological polar surface area (TPSA) is 15.3 Å². The Balaban J connectivity index is 1.61. The summed E-state index contributed by atoms with van der Waals surface area (Å²) in [4.78, 5) is 2.60. The van der Waals surface area contributed by atoms with E-state index >= 15 is 0 Å². The van der Waals surface area contributed by atoms with Crippen molar-refractivity contribution in [2.75, 3.05) is 19.6 Å². The van der Waals surface area contributed by atoms with Crippen LogP contribution < -0.4 is 5.32 Å². The minimum atomic E-state index is 0.762. The predicted molar refractivity (Wildman–Crippen MR) is 66.2 cm³/mol. The van der Waals surface area contributed by atoms with Gasteiger partial charge in [-0.15, -0.1) is 0 Å². The number of hydrogen-bond donors (Lipinski definition) is 1. The number of hydrogen-bond acceptors (Lipinski definition) is 2. The van der Waals surface area contributed by atoms with E-state index in [9.17, 15) is 0 Å². The van der Waals surface area contributed by atoms with E-state index in [0.717, 1.165) is 18.5 Å². The maximum Gasteiger partial charge on any atom is 0.0235 e. The standard InChI is InChI=1S/C14H20N2/c1-2-5-12(6-3-1)9-16-10-13-7-4-8-15-14(13)11-16/h1-3,5-6,13-15H,4,7-11H2/t13-,14-/m0/s1. The molecule has 2 aliphatic rings. The predicted octanol–water partition coefficient (Wildman–Crippen LogP) is 1.87. The molecule has 2 aliphatic heterocycles. The van der Waals surface area contributed by atoms with Gasteiger partial charge in [0, 0.05) is 25.7 Å². The van der Waals surface area contributed by atoms with Gasteiger partial charge in [-0.2, -0.15) is 0 Å². The molecule has 2 saturated heterocycles. The Kier molecular flexibility index (Phi) is 2.94. The quantitative estimate of drug-likeness (QED) is 0.812. The van der Waals surface area contributed by atoms with E-state index < -0.39 is 0 Å². The van der Waals surface area contributed by atoms with E-state index in [1.807, 2.05) is 0 Å². The van der Waals surface area contributed by atoms with E-state index in [0.29, 0.717) is 0 Å². The Labute approximate surface area is 97.6 Å². The van der Waals surface area contributed by atoms with Gasteiger partial charge in [-0.05, 0) is 30.9 Å². The molecule has 2 heterocycles. The molecule has 0 amide bonds. The number of nitrogens with one attached hydrogen (secondary N) is 1. The van der Waals surface area contributed by atoms with E-state index in [-0.39, 0.29) is 0 Å². The first kappa shape index (κ1) is 10.3. The third kappa shape index (κ3) is 2.13. The molecular formula is C14H20N2. The molecule has 3 rings (SSSR count). The molecule has 0 bridgehead atoms. The summed E-state index contributed by atoms with van der Waals surface area (Å²) in [5, 5.41) is 3.66. The lowest BCUT2D eigenvalue weighted by molar-refractivity contribution is 0.312. The van der Waals surface area contributed by atoms with Crippen LogP contribution in [0.3, 0.4) is 0 Å². The minimum absolute atomic E-state index is 0.762. The van der Waals surface area contributed by atoms with Crippen LogP contribution in [0, 0.1) is 5.92 Å². The van der Waals surface area contributed by atoms with Gasteiger partial charge in [0.25, 0.3) is 0 Å². The average molecular weight is 216 g/mol. The van der Waals surface area contributed by atoms with Crippen molar-refractivity contribution in [3.05, 3.63) is 35.9 Å². The zero-order chi connectivity index (χ0) is 10.8. The highest BCUT2D eigenvalue weighted by atomic mass is 15.2. The second kappa shape index (κ2) is 4.56. The third-order valence-corrected chi connectivity index (χ3v) is 3.92. The van der Waals surface area contributed by atoms with Crippen LogP contribution in [-0.2, 0) is 6.54 Å². The molecule has 0 aliphatic carbocycles. The molecular weight excluding hydrogens is 196 g/mol. The maximum atomic E-state index is 3.66. The van der Waals surface area contributed by atoms with Crippen molar-refractivity contribution >= 4 is 0 Å². The molecule has 2 atom stereocenters. The van der Waals surface area contributed by atoms with Gasteiger partial charge in [-0.1, -0.05) is 30.3 Å². The third-order valence-electron chi connectivity index (χ3n) is 3.92. The summed E-state index contributed by atoms with van der Waals surface area (Å²) in [5.41, 5.74) is 1.45. The second-order valence-electron chi connectivity index (χ2n) is 5.14. The van der Waals surface area contributed by atoms with Crippen molar-refractivity contribution in [2.45, 2.75) is 25.4 Å². The fourth-order valence-corrected chi connectivity index (χ4v) is 3.11. The Morgan fingerprint density at radius 3 is 2.88 bits per heavy atom. The summed E-state index contributed by atoms with van der Waals surface area (Å²) in [6.45, 7) is 4.86. The molecule has 2 nitrogen and oxygen atoms in total. The monoisotopic (exact) mass is 216 g/mol. The highest BCUT2D eigenvalue weighted by Gasteiger charge is 2.33. The molecule has 1 aromatic rings. The van der Waals surface area contributed by atoms with Crippen LogP contribution in [-0.4, -0.2) is 30.6 Å². The van der Waals surface area contributed by atoms with Crippen LogP contribution in [0.1, 0.15) is 18.4 Å². The molecule has 16 heavy (non-hydrogen) atoms.